The van der Waals surface area contributed by atoms with Gasteiger partial charge >= 0.3 is 12.1 Å². The summed E-state index contributed by atoms with van der Waals surface area (Å²) in [6, 6.07) is -0.803. The minimum absolute atomic E-state index is 0.175. The van der Waals surface area contributed by atoms with E-state index in [2.05, 4.69) is 0 Å². The van der Waals surface area contributed by atoms with Gasteiger partial charge in [0.25, 0.3) is 0 Å². The van der Waals surface area contributed by atoms with E-state index in [9.17, 15) is 14.7 Å². The van der Waals surface area contributed by atoms with Gasteiger partial charge in [0.2, 0.25) is 0 Å². The minimum atomic E-state index is -0.803. The molecule has 0 unspecified atom stereocenters. The lowest BCUT2D eigenvalue weighted by Crippen LogP contribution is -2.54. The minimum Gasteiger partial charge on any atom is -0.458 e. The Labute approximate surface area is 126 Å². The molecule has 0 radical (unpaired) electrons. The first-order valence-corrected chi connectivity index (χ1v) is 7.29. The molecular formula is C15H27NO5. The Hall–Kier alpha value is -1.30. The van der Waals surface area contributed by atoms with Crippen molar-refractivity contribution in [2.24, 2.45) is 0 Å². The van der Waals surface area contributed by atoms with E-state index in [1.807, 2.05) is 0 Å². The normalized spacial score (nSPS) is 23.7. The van der Waals surface area contributed by atoms with Gasteiger partial charge < -0.3 is 14.6 Å². The van der Waals surface area contributed by atoms with Gasteiger partial charge in [0.1, 0.15) is 17.2 Å². The van der Waals surface area contributed by atoms with Crippen molar-refractivity contribution in [1.82, 2.24) is 4.90 Å². The highest BCUT2D eigenvalue weighted by atomic mass is 16.6. The number of aliphatic hydroxyl groups excluding tert-OH is 1. The van der Waals surface area contributed by atoms with E-state index in [-0.39, 0.29) is 13.0 Å². The molecule has 122 valence electrons. The molecule has 0 bridgehead atoms. The lowest BCUT2D eigenvalue weighted by Gasteiger charge is -2.38. The van der Waals surface area contributed by atoms with Gasteiger partial charge in [0, 0.05) is 13.0 Å². The second-order valence-corrected chi connectivity index (χ2v) is 7.40. The molecule has 0 aromatic rings. The lowest BCUT2D eigenvalue weighted by atomic mass is 9.99. The summed E-state index contributed by atoms with van der Waals surface area (Å²) < 4.78 is 10.7. The van der Waals surface area contributed by atoms with Crippen LogP contribution in [0.15, 0.2) is 0 Å². The number of piperidine rings is 1. The van der Waals surface area contributed by atoms with Crippen molar-refractivity contribution in [2.45, 2.75) is 77.7 Å². The van der Waals surface area contributed by atoms with E-state index in [4.69, 9.17) is 9.47 Å². The monoisotopic (exact) mass is 301 g/mol. The fourth-order valence-electron chi connectivity index (χ4n) is 2.08. The van der Waals surface area contributed by atoms with Crippen LogP contribution in [0.4, 0.5) is 4.79 Å². The average molecular weight is 301 g/mol. The summed E-state index contributed by atoms with van der Waals surface area (Å²) >= 11 is 0. The summed E-state index contributed by atoms with van der Waals surface area (Å²) in [5.74, 6) is -0.507. The first kappa shape index (κ1) is 17.8. The summed E-state index contributed by atoms with van der Waals surface area (Å²) in [6.45, 7) is 10.9. The standard InChI is InChI=1S/C15H27NO5/c1-14(2,3)20-12(18)11-9-10(17)7-8-16(11)13(19)21-15(4,5)6/h10-11,17H,7-9H2,1-6H3/t10-,11+/m1/s1. The zero-order chi connectivity index (χ0) is 16.4. The smallest absolute Gasteiger partial charge is 0.411 e. The summed E-state index contributed by atoms with van der Waals surface area (Å²) in [5, 5.41) is 9.77. The van der Waals surface area contributed by atoms with Crippen LogP contribution in [-0.4, -0.2) is 52.0 Å². The number of ether oxygens (including phenoxy) is 2. The number of esters is 1. The van der Waals surface area contributed by atoms with Crippen LogP contribution in [0.25, 0.3) is 0 Å². The molecule has 1 rings (SSSR count). The molecule has 1 aliphatic rings. The van der Waals surface area contributed by atoms with E-state index in [0.717, 1.165) is 0 Å². The third-order valence-electron chi connectivity index (χ3n) is 2.88. The molecule has 0 aromatic heterocycles. The van der Waals surface area contributed by atoms with Gasteiger partial charge in [-0.3, -0.25) is 4.90 Å². The number of rotatable bonds is 1. The third kappa shape index (κ3) is 5.91. The highest BCUT2D eigenvalue weighted by Gasteiger charge is 2.39. The Morgan fingerprint density at radius 3 is 2.05 bits per heavy atom. The quantitative estimate of drug-likeness (QED) is 0.750. The van der Waals surface area contributed by atoms with Gasteiger partial charge in [0.15, 0.2) is 0 Å². The topological polar surface area (TPSA) is 76.1 Å². The van der Waals surface area contributed by atoms with Crippen LogP contribution < -0.4 is 0 Å². The van der Waals surface area contributed by atoms with Crippen LogP contribution in [-0.2, 0) is 14.3 Å². The molecule has 1 aliphatic heterocycles. The van der Waals surface area contributed by atoms with Gasteiger partial charge in [0.05, 0.1) is 6.10 Å². The molecule has 1 saturated heterocycles. The van der Waals surface area contributed by atoms with Crippen LogP contribution in [0.3, 0.4) is 0 Å². The van der Waals surface area contributed by atoms with Crippen molar-refractivity contribution in [1.29, 1.82) is 0 Å². The van der Waals surface area contributed by atoms with Crippen molar-refractivity contribution in [3.8, 4) is 0 Å². The Bertz CT molecular complexity index is 394. The molecule has 0 spiro atoms. The van der Waals surface area contributed by atoms with Crippen molar-refractivity contribution in [2.75, 3.05) is 6.54 Å². The van der Waals surface area contributed by atoms with E-state index in [1.165, 1.54) is 4.90 Å². The Morgan fingerprint density at radius 2 is 1.57 bits per heavy atom. The Kier molecular flexibility index (Phi) is 5.25. The van der Waals surface area contributed by atoms with E-state index in [1.54, 1.807) is 41.5 Å². The maximum atomic E-state index is 12.3. The highest BCUT2D eigenvalue weighted by Crippen LogP contribution is 2.23. The van der Waals surface area contributed by atoms with Gasteiger partial charge in [-0.1, -0.05) is 0 Å². The number of hydrogen-bond acceptors (Lipinski definition) is 5. The van der Waals surface area contributed by atoms with E-state index in [0.29, 0.717) is 6.42 Å². The molecule has 1 fully saturated rings. The van der Waals surface area contributed by atoms with E-state index < -0.39 is 35.4 Å². The van der Waals surface area contributed by atoms with Crippen molar-refractivity contribution in [3.05, 3.63) is 0 Å². The Balaban J connectivity index is 2.84. The van der Waals surface area contributed by atoms with Crippen molar-refractivity contribution < 1.29 is 24.2 Å². The molecule has 6 heteroatoms. The number of hydrogen-bond donors (Lipinski definition) is 1. The molecular weight excluding hydrogens is 274 g/mol. The van der Waals surface area contributed by atoms with Crippen molar-refractivity contribution in [3.63, 3.8) is 0 Å². The first-order chi connectivity index (χ1) is 9.39. The lowest BCUT2D eigenvalue weighted by molar-refractivity contribution is -0.164. The zero-order valence-corrected chi connectivity index (χ0v) is 13.8. The van der Waals surface area contributed by atoms with Crippen LogP contribution in [0.1, 0.15) is 54.4 Å². The zero-order valence-electron chi connectivity index (χ0n) is 13.8. The largest absolute Gasteiger partial charge is 0.458 e. The number of carbonyl (C=O) groups excluding carboxylic acids is 2. The fourth-order valence-corrected chi connectivity index (χ4v) is 2.08. The first-order valence-electron chi connectivity index (χ1n) is 7.29. The highest BCUT2D eigenvalue weighted by molar-refractivity contribution is 5.82. The summed E-state index contributed by atoms with van der Waals surface area (Å²) in [5.41, 5.74) is -1.27. The second kappa shape index (κ2) is 6.22. The summed E-state index contributed by atoms with van der Waals surface area (Å²) in [7, 11) is 0. The van der Waals surface area contributed by atoms with E-state index >= 15 is 0 Å². The molecule has 0 aliphatic carbocycles. The van der Waals surface area contributed by atoms with Crippen LogP contribution in [0, 0.1) is 0 Å². The number of aliphatic hydroxyl groups is 1. The second-order valence-electron chi connectivity index (χ2n) is 7.40. The maximum absolute atomic E-state index is 12.3. The van der Waals surface area contributed by atoms with Gasteiger partial charge in [-0.2, -0.15) is 0 Å². The number of nitrogens with zero attached hydrogens (tertiary/aromatic N) is 1. The molecule has 1 heterocycles. The van der Waals surface area contributed by atoms with Crippen LogP contribution in [0.2, 0.25) is 0 Å². The van der Waals surface area contributed by atoms with Gasteiger partial charge in [-0.15, -0.1) is 0 Å². The molecule has 1 amide bonds. The van der Waals surface area contributed by atoms with Gasteiger partial charge in [-0.25, -0.2) is 9.59 Å². The summed E-state index contributed by atoms with van der Waals surface area (Å²) in [6.07, 6.45) is -0.557. The van der Waals surface area contributed by atoms with Crippen LogP contribution in [0.5, 0.6) is 0 Å². The third-order valence-corrected chi connectivity index (χ3v) is 2.88. The SMILES string of the molecule is CC(C)(C)OC(=O)[C@@H]1C[C@H](O)CCN1C(=O)OC(C)(C)C. The molecule has 0 aromatic carbocycles. The fraction of sp³-hybridized carbons (Fsp3) is 0.867. The molecule has 0 saturated carbocycles. The van der Waals surface area contributed by atoms with Crippen LogP contribution >= 0.6 is 0 Å². The molecule has 2 atom stereocenters. The Morgan fingerprint density at radius 1 is 1.05 bits per heavy atom. The average Bonchev–Trinajstić information content (AvgIpc) is 2.23. The molecule has 1 N–H and O–H groups in total. The molecule has 6 nitrogen and oxygen atoms in total. The number of carbonyl (C=O) groups is 2. The van der Waals surface area contributed by atoms with Gasteiger partial charge in [-0.05, 0) is 48.0 Å². The summed E-state index contributed by atoms with van der Waals surface area (Å²) in [4.78, 5) is 25.8. The molecule has 21 heavy (non-hydrogen) atoms. The van der Waals surface area contributed by atoms with Crippen molar-refractivity contribution >= 4 is 12.1 Å². The number of likely N-dealkylation sites (tertiary alicyclic amines) is 1. The predicted octanol–water partition coefficient (Wildman–Crippen LogP) is 2.09. The number of amides is 1. The maximum Gasteiger partial charge on any atom is 0.411 e. The predicted molar refractivity (Wildman–Crippen MR) is 77.8 cm³/mol.